The summed E-state index contributed by atoms with van der Waals surface area (Å²) in [5.41, 5.74) is -1.47. The van der Waals surface area contributed by atoms with Crippen LogP contribution in [0.3, 0.4) is 0 Å². The van der Waals surface area contributed by atoms with Crippen molar-refractivity contribution in [1.29, 1.82) is 0 Å². The molecule has 0 spiro atoms. The molecular weight excluding hydrogens is 599 g/mol. The molecule has 13 nitrogen and oxygen atoms in total. The lowest BCUT2D eigenvalue weighted by Gasteiger charge is -2.34. The third-order valence-corrected chi connectivity index (χ3v) is 8.88. The molecule has 1 aromatic heterocycles. The predicted molar refractivity (Wildman–Crippen MR) is 138 cm³/mol. The van der Waals surface area contributed by atoms with E-state index in [2.05, 4.69) is 20.5 Å². The van der Waals surface area contributed by atoms with E-state index < -0.39 is 45.4 Å². The maximum Gasteiger partial charge on any atom is 0.490 e. The van der Waals surface area contributed by atoms with Gasteiger partial charge in [0.15, 0.2) is 0 Å². The zero-order valence-corrected chi connectivity index (χ0v) is 23.4. The minimum atomic E-state index is -5.08. The SMILES string of the molecule is O=C(O)C(F)(F)F.O=C1NC(=O)C(CCCN2CCOCC2)(CS(=O)(=O)N2CCC(Oc3ccc(Cl)cn3)CC2)N1. The molecule has 3 saturated heterocycles. The zero-order valence-electron chi connectivity index (χ0n) is 21.9. The van der Waals surface area contributed by atoms with Crippen LogP contribution in [0.5, 0.6) is 5.88 Å². The van der Waals surface area contributed by atoms with Crippen LogP contribution in [0.15, 0.2) is 18.3 Å². The van der Waals surface area contributed by atoms with E-state index in [-0.39, 0.29) is 25.6 Å². The minimum absolute atomic E-state index is 0.169. The molecule has 3 fully saturated rings. The Bertz CT molecular complexity index is 1180. The zero-order chi connectivity index (χ0) is 30.3. The Hall–Kier alpha value is -2.73. The lowest BCUT2D eigenvalue weighted by atomic mass is 9.95. The summed E-state index contributed by atoms with van der Waals surface area (Å²) in [5.74, 6) is -3.37. The third-order valence-electron chi connectivity index (χ3n) is 6.65. The van der Waals surface area contributed by atoms with Gasteiger partial charge in [-0.05, 0) is 38.3 Å². The number of aliphatic carboxylic acids is 1. The fourth-order valence-electron chi connectivity index (χ4n) is 4.54. The maximum atomic E-state index is 13.3. The number of carbonyl (C=O) groups is 3. The molecule has 0 aliphatic carbocycles. The molecular formula is C23H31ClF3N5O8S. The molecule has 0 bridgehead atoms. The van der Waals surface area contributed by atoms with Crippen molar-refractivity contribution in [2.75, 3.05) is 51.7 Å². The number of urea groups is 1. The second kappa shape index (κ2) is 14.0. The molecule has 230 valence electrons. The number of alkyl halides is 3. The average Bonchev–Trinajstić information content (AvgIpc) is 3.17. The van der Waals surface area contributed by atoms with Crippen LogP contribution in [0.4, 0.5) is 18.0 Å². The topological polar surface area (TPSA) is 167 Å². The molecule has 4 rings (SSSR count). The van der Waals surface area contributed by atoms with Crippen LogP contribution in [0.1, 0.15) is 25.7 Å². The summed E-state index contributed by atoms with van der Waals surface area (Å²) in [4.78, 5) is 39.8. The van der Waals surface area contributed by atoms with Gasteiger partial charge in [-0.25, -0.2) is 27.3 Å². The number of hydrogen-bond donors (Lipinski definition) is 3. The lowest BCUT2D eigenvalue weighted by Crippen LogP contribution is -2.56. The van der Waals surface area contributed by atoms with Crippen molar-refractivity contribution in [1.82, 2.24) is 24.8 Å². The summed E-state index contributed by atoms with van der Waals surface area (Å²) in [6.07, 6.45) is -1.96. The van der Waals surface area contributed by atoms with Crippen LogP contribution in [-0.2, 0) is 24.3 Å². The summed E-state index contributed by atoms with van der Waals surface area (Å²) < 4.78 is 70.8. The number of imide groups is 1. The van der Waals surface area contributed by atoms with Crippen molar-refractivity contribution in [3.63, 3.8) is 0 Å². The van der Waals surface area contributed by atoms with Crippen molar-refractivity contribution < 1.29 is 50.6 Å². The Morgan fingerprint density at radius 2 is 1.83 bits per heavy atom. The molecule has 1 atom stereocenters. The average molecular weight is 630 g/mol. The van der Waals surface area contributed by atoms with Gasteiger partial charge in [0.05, 0.1) is 24.0 Å². The van der Waals surface area contributed by atoms with Crippen LogP contribution in [-0.4, -0.2) is 115 Å². The van der Waals surface area contributed by atoms with E-state index in [0.29, 0.717) is 49.9 Å². The number of carboxylic acids is 1. The van der Waals surface area contributed by atoms with Crippen LogP contribution in [0.2, 0.25) is 5.02 Å². The van der Waals surface area contributed by atoms with Gasteiger partial charge in [-0.15, -0.1) is 0 Å². The Morgan fingerprint density at radius 1 is 1.20 bits per heavy atom. The van der Waals surface area contributed by atoms with Crippen LogP contribution < -0.4 is 15.4 Å². The first-order valence-electron chi connectivity index (χ1n) is 12.7. The van der Waals surface area contributed by atoms with Gasteiger partial charge in [-0.3, -0.25) is 15.0 Å². The first kappa shape index (κ1) is 32.8. The highest BCUT2D eigenvalue weighted by Gasteiger charge is 2.50. The molecule has 0 aromatic carbocycles. The normalized spacial score (nSPS) is 22.8. The Balaban J connectivity index is 0.000000587. The van der Waals surface area contributed by atoms with Gasteiger partial charge < -0.3 is 19.9 Å². The number of nitrogens with zero attached hydrogens (tertiary/aromatic N) is 3. The van der Waals surface area contributed by atoms with Crippen LogP contribution in [0.25, 0.3) is 0 Å². The molecule has 3 amide bonds. The number of aromatic nitrogens is 1. The van der Waals surface area contributed by atoms with Gasteiger partial charge >= 0.3 is 18.2 Å². The summed E-state index contributed by atoms with van der Waals surface area (Å²) in [6, 6.07) is 2.70. The standard InChI is InChI=1S/C21H30ClN5O6S.C2HF3O2/c22-16-2-3-18(23-14-16)33-17-4-8-27(9-5-17)34(30,31)15-21(19(28)24-20(29)25-21)6-1-7-26-10-12-32-13-11-26;3-2(4,5)1(6)7/h2-3,14,17H,1,4-13,15H2,(H2,24,25,28,29);(H,6,7). The number of morpholine rings is 1. The Kier molecular flexibility index (Phi) is 11.2. The number of carbonyl (C=O) groups excluding carboxylic acids is 2. The molecule has 3 N–H and O–H groups in total. The lowest BCUT2D eigenvalue weighted by molar-refractivity contribution is -0.192. The summed E-state index contributed by atoms with van der Waals surface area (Å²) in [6.45, 7) is 4.14. The number of sulfonamides is 1. The van der Waals surface area contributed by atoms with Crippen molar-refractivity contribution >= 4 is 39.5 Å². The van der Waals surface area contributed by atoms with Crippen molar-refractivity contribution in [2.24, 2.45) is 0 Å². The van der Waals surface area contributed by atoms with Crippen molar-refractivity contribution in [3.8, 4) is 5.88 Å². The van der Waals surface area contributed by atoms with Gasteiger partial charge in [0.25, 0.3) is 5.91 Å². The predicted octanol–water partition coefficient (Wildman–Crippen LogP) is 1.23. The third kappa shape index (κ3) is 9.66. The van der Waals surface area contributed by atoms with E-state index in [1.54, 1.807) is 12.1 Å². The van der Waals surface area contributed by atoms with Crippen molar-refractivity contribution in [2.45, 2.75) is 43.5 Å². The number of carboxylic acid groups (broad SMARTS) is 1. The Labute approximate surface area is 239 Å². The molecule has 1 unspecified atom stereocenters. The monoisotopic (exact) mass is 629 g/mol. The van der Waals surface area contributed by atoms with E-state index >= 15 is 0 Å². The van der Waals surface area contributed by atoms with Crippen LogP contribution in [0, 0.1) is 0 Å². The second-order valence-electron chi connectivity index (χ2n) is 9.64. The second-order valence-corrected chi connectivity index (χ2v) is 12.0. The van der Waals surface area contributed by atoms with Gasteiger partial charge in [-0.2, -0.15) is 13.2 Å². The molecule has 1 aromatic rings. The van der Waals surface area contributed by atoms with E-state index in [1.165, 1.54) is 10.5 Å². The van der Waals surface area contributed by atoms with E-state index in [9.17, 15) is 31.2 Å². The number of hydrogen-bond acceptors (Lipinski definition) is 9. The number of piperidine rings is 1. The number of halogens is 4. The van der Waals surface area contributed by atoms with Gasteiger partial charge in [0, 0.05) is 38.4 Å². The number of nitrogens with one attached hydrogen (secondary N) is 2. The molecule has 4 heterocycles. The highest BCUT2D eigenvalue weighted by atomic mass is 35.5. The van der Waals surface area contributed by atoms with Gasteiger partial charge in [-0.1, -0.05) is 11.6 Å². The van der Waals surface area contributed by atoms with Crippen LogP contribution >= 0.6 is 11.6 Å². The number of rotatable bonds is 9. The van der Waals surface area contributed by atoms with E-state index in [4.69, 9.17) is 31.0 Å². The minimum Gasteiger partial charge on any atom is -0.475 e. The van der Waals surface area contributed by atoms with E-state index in [1.807, 2.05) is 0 Å². The Morgan fingerprint density at radius 3 is 2.34 bits per heavy atom. The molecule has 41 heavy (non-hydrogen) atoms. The largest absolute Gasteiger partial charge is 0.490 e. The fraction of sp³-hybridized carbons (Fsp3) is 0.652. The van der Waals surface area contributed by atoms with Crippen molar-refractivity contribution in [3.05, 3.63) is 23.4 Å². The smallest absolute Gasteiger partial charge is 0.475 e. The highest BCUT2D eigenvalue weighted by Crippen LogP contribution is 2.26. The molecule has 3 aliphatic rings. The molecule has 0 saturated carbocycles. The fourth-order valence-corrected chi connectivity index (χ4v) is 6.57. The maximum absolute atomic E-state index is 13.3. The number of amides is 3. The van der Waals surface area contributed by atoms with Gasteiger partial charge in [0.2, 0.25) is 15.9 Å². The van der Waals surface area contributed by atoms with Gasteiger partial charge in [0.1, 0.15) is 11.6 Å². The quantitative estimate of drug-likeness (QED) is 0.338. The molecule has 18 heteroatoms. The summed E-state index contributed by atoms with van der Waals surface area (Å²) >= 11 is 5.84. The number of pyridine rings is 1. The summed E-state index contributed by atoms with van der Waals surface area (Å²) in [5, 5.41) is 12.5. The number of ether oxygens (including phenoxy) is 2. The highest BCUT2D eigenvalue weighted by molar-refractivity contribution is 7.89. The first-order valence-corrected chi connectivity index (χ1v) is 14.7. The summed E-state index contributed by atoms with van der Waals surface area (Å²) in [7, 11) is -3.80. The first-order chi connectivity index (χ1) is 19.2. The molecule has 3 aliphatic heterocycles. The van der Waals surface area contributed by atoms with E-state index in [0.717, 1.165) is 13.1 Å². The molecule has 0 radical (unpaired) electrons.